The second kappa shape index (κ2) is 3.57. The molecule has 1 aromatic carbocycles. The van der Waals surface area contributed by atoms with Crippen molar-refractivity contribution in [2.24, 2.45) is 5.73 Å². The molecule has 0 unspecified atom stereocenters. The van der Waals surface area contributed by atoms with Crippen LogP contribution in [0.2, 0.25) is 5.02 Å². The third kappa shape index (κ3) is 1.76. The summed E-state index contributed by atoms with van der Waals surface area (Å²) in [6.45, 7) is 1.83. The lowest BCUT2D eigenvalue weighted by Crippen LogP contribution is -2.06. The largest absolute Gasteiger partial charge is 0.324 e. The molecule has 0 heterocycles. The zero-order valence-electron chi connectivity index (χ0n) is 6.71. The first-order valence-electron chi connectivity index (χ1n) is 3.60. The van der Waals surface area contributed by atoms with Gasteiger partial charge < -0.3 is 5.73 Å². The fourth-order valence-corrected chi connectivity index (χ4v) is 1.19. The fraction of sp³-hybridized carbons (Fsp3) is 0.222. The fourth-order valence-electron chi connectivity index (χ4n) is 1.01. The monoisotopic (exact) mass is 180 g/mol. The van der Waals surface area contributed by atoms with Crippen molar-refractivity contribution in [1.82, 2.24) is 0 Å². The van der Waals surface area contributed by atoms with Gasteiger partial charge in [-0.2, -0.15) is 5.26 Å². The normalized spacial score (nSPS) is 12.2. The molecule has 0 aliphatic heterocycles. The van der Waals surface area contributed by atoms with Gasteiger partial charge in [0, 0.05) is 11.1 Å². The standard InChI is InChI=1S/C9H9ClN2/c1-6(12)9-4-8(10)3-2-7(9)5-11/h2-4,6H,12H2,1H3/t6-/m0/s1. The van der Waals surface area contributed by atoms with Crippen molar-refractivity contribution < 1.29 is 0 Å². The molecular weight excluding hydrogens is 172 g/mol. The van der Waals surface area contributed by atoms with Gasteiger partial charge in [0.05, 0.1) is 11.6 Å². The summed E-state index contributed by atoms with van der Waals surface area (Å²) in [7, 11) is 0. The molecule has 0 bridgehead atoms. The summed E-state index contributed by atoms with van der Waals surface area (Å²) in [5.41, 5.74) is 7.04. The molecule has 2 nitrogen and oxygen atoms in total. The molecule has 1 atom stereocenters. The number of nitrogens with two attached hydrogens (primary N) is 1. The molecule has 0 amide bonds. The lowest BCUT2D eigenvalue weighted by Gasteiger charge is -2.07. The topological polar surface area (TPSA) is 49.8 Å². The van der Waals surface area contributed by atoms with Crippen molar-refractivity contribution in [2.45, 2.75) is 13.0 Å². The van der Waals surface area contributed by atoms with E-state index in [0.717, 1.165) is 5.56 Å². The van der Waals surface area contributed by atoms with Crippen molar-refractivity contribution >= 4 is 11.6 Å². The number of hydrogen-bond acceptors (Lipinski definition) is 2. The number of nitrogens with zero attached hydrogens (tertiary/aromatic N) is 1. The van der Waals surface area contributed by atoms with Crippen molar-refractivity contribution in [3.05, 3.63) is 34.3 Å². The average molecular weight is 181 g/mol. The van der Waals surface area contributed by atoms with Crippen LogP contribution in [-0.4, -0.2) is 0 Å². The maximum Gasteiger partial charge on any atom is 0.0995 e. The molecule has 0 radical (unpaired) electrons. The Morgan fingerprint density at radius 3 is 2.75 bits per heavy atom. The molecule has 0 fully saturated rings. The minimum Gasteiger partial charge on any atom is -0.324 e. The van der Waals surface area contributed by atoms with Crippen LogP contribution in [0.4, 0.5) is 0 Å². The lowest BCUT2D eigenvalue weighted by atomic mass is 10.0. The van der Waals surface area contributed by atoms with E-state index in [4.69, 9.17) is 22.6 Å². The molecule has 1 aromatic rings. The Hall–Kier alpha value is -1.04. The maximum atomic E-state index is 8.71. The molecule has 3 heteroatoms. The Morgan fingerprint density at radius 1 is 1.58 bits per heavy atom. The van der Waals surface area contributed by atoms with Gasteiger partial charge in [-0.3, -0.25) is 0 Å². The molecule has 0 aromatic heterocycles. The van der Waals surface area contributed by atoms with Crippen LogP contribution in [0.3, 0.4) is 0 Å². The van der Waals surface area contributed by atoms with Crippen LogP contribution in [0.5, 0.6) is 0 Å². The SMILES string of the molecule is C[C@H](N)c1cc(Cl)ccc1C#N. The molecule has 0 spiro atoms. The molecule has 62 valence electrons. The number of benzene rings is 1. The summed E-state index contributed by atoms with van der Waals surface area (Å²) in [5, 5.41) is 9.32. The molecule has 2 N–H and O–H groups in total. The number of nitriles is 1. The van der Waals surface area contributed by atoms with Gasteiger partial charge in [-0.25, -0.2) is 0 Å². The summed E-state index contributed by atoms with van der Waals surface area (Å²) >= 11 is 5.75. The Bertz CT molecular complexity index is 326. The van der Waals surface area contributed by atoms with Gasteiger partial charge in [0.1, 0.15) is 0 Å². The first-order valence-corrected chi connectivity index (χ1v) is 3.98. The minimum atomic E-state index is -0.154. The molecule has 0 saturated carbocycles. The molecule has 1 rings (SSSR count). The van der Waals surface area contributed by atoms with Crippen LogP contribution < -0.4 is 5.73 Å². The first-order chi connectivity index (χ1) is 5.65. The van der Waals surface area contributed by atoms with Gasteiger partial charge in [-0.15, -0.1) is 0 Å². The summed E-state index contributed by atoms with van der Waals surface area (Å²) in [6, 6.07) is 7.01. The Morgan fingerprint density at radius 2 is 2.25 bits per heavy atom. The van der Waals surface area contributed by atoms with Crippen molar-refractivity contribution in [3.63, 3.8) is 0 Å². The molecule has 0 aliphatic rings. The number of hydrogen-bond donors (Lipinski definition) is 1. The number of rotatable bonds is 1. The minimum absolute atomic E-state index is 0.154. The van der Waals surface area contributed by atoms with E-state index < -0.39 is 0 Å². The van der Waals surface area contributed by atoms with E-state index in [0.29, 0.717) is 10.6 Å². The smallest absolute Gasteiger partial charge is 0.0995 e. The van der Waals surface area contributed by atoms with Crippen LogP contribution in [-0.2, 0) is 0 Å². The second-order valence-electron chi connectivity index (χ2n) is 2.63. The predicted molar refractivity (Wildman–Crippen MR) is 48.8 cm³/mol. The second-order valence-corrected chi connectivity index (χ2v) is 3.07. The van der Waals surface area contributed by atoms with Crippen LogP contribution in [0.1, 0.15) is 24.1 Å². The Labute approximate surface area is 76.6 Å². The van der Waals surface area contributed by atoms with Crippen molar-refractivity contribution in [1.29, 1.82) is 5.26 Å². The van der Waals surface area contributed by atoms with Crippen molar-refractivity contribution in [3.8, 4) is 6.07 Å². The van der Waals surface area contributed by atoms with E-state index in [9.17, 15) is 0 Å². The quantitative estimate of drug-likeness (QED) is 0.721. The van der Waals surface area contributed by atoms with E-state index in [1.807, 2.05) is 6.92 Å². The van der Waals surface area contributed by atoms with Gasteiger partial charge >= 0.3 is 0 Å². The maximum absolute atomic E-state index is 8.71. The molecular formula is C9H9ClN2. The van der Waals surface area contributed by atoms with E-state index in [1.165, 1.54) is 0 Å². The highest BCUT2D eigenvalue weighted by molar-refractivity contribution is 6.30. The highest BCUT2D eigenvalue weighted by Crippen LogP contribution is 2.19. The summed E-state index contributed by atoms with van der Waals surface area (Å²) in [6.07, 6.45) is 0. The molecule has 0 saturated heterocycles. The van der Waals surface area contributed by atoms with Gasteiger partial charge in [0.15, 0.2) is 0 Å². The summed E-state index contributed by atoms with van der Waals surface area (Å²) < 4.78 is 0. The van der Waals surface area contributed by atoms with Gasteiger partial charge in [0.2, 0.25) is 0 Å². The van der Waals surface area contributed by atoms with Crippen LogP contribution in [0.25, 0.3) is 0 Å². The van der Waals surface area contributed by atoms with Crippen LogP contribution in [0.15, 0.2) is 18.2 Å². The summed E-state index contributed by atoms with van der Waals surface area (Å²) in [5.74, 6) is 0. The highest BCUT2D eigenvalue weighted by atomic mass is 35.5. The van der Waals surface area contributed by atoms with Gasteiger partial charge in [-0.05, 0) is 30.7 Å². The summed E-state index contributed by atoms with van der Waals surface area (Å²) in [4.78, 5) is 0. The van der Waals surface area contributed by atoms with Gasteiger partial charge in [-0.1, -0.05) is 11.6 Å². The zero-order valence-corrected chi connectivity index (χ0v) is 7.47. The Kier molecular flexibility index (Phi) is 2.69. The van der Waals surface area contributed by atoms with E-state index in [1.54, 1.807) is 18.2 Å². The molecule has 0 aliphatic carbocycles. The van der Waals surface area contributed by atoms with Crippen LogP contribution >= 0.6 is 11.6 Å². The van der Waals surface area contributed by atoms with Gasteiger partial charge in [0.25, 0.3) is 0 Å². The Balaban J connectivity index is 3.24. The van der Waals surface area contributed by atoms with Crippen molar-refractivity contribution in [2.75, 3.05) is 0 Å². The third-order valence-electron chi connectivity index (χ3n) is 1.62. The average Bonchev–Trinajstić information content (AvgIpc) is 2.04. The lowest BCUT2D eigenvalue weighted by molar-refractivity contribution is 0.815. The number of halogens is 1. The van der Waals surface area contributed by atoms with E-state index >= 15 is 0 Å². The van der Waals surface area contributed by atoms with E-state index in [-0.39, 0.29) is 6.04 Å². The molecule has 12 heavy (non-hydrogen) atoms. The zero-order chi connectivity index (χ0) is 9.14. The van der Waals surface area contributed by atoms with Crippen LogP contribution in [0, 0.1) is 11.3 Å². The predicted octanol–water partition coefficient (Wildman–Crippen LogP) is 2.23. The third-order valence-corrected chi connectivity index (χ3v) is 1.86. The highest BCUT2D eigenvalue weighted by Gasteiger charge is 2.06. The van der Waals surface area contributed by atoms with E-state index in [2.05, 4.69) is 6.07 Å². The first kappa shape index (κ1) is 9.05.